The van der Waals surface area contributed by atoms with E-state index in [-0.39, 0.29) is 0 Å². The Labute approximate surface area is 101 Å². The Morgan fingerprint density at radius 3 is 2.00 bits per heavy atom. The van der Waals surface area contributed by atoms with Gasteiger partial charge in [-0.15, -0.1) is 0 Å². The minimum atomic E-state index is 1.29. The number of hydrogen-bond acceptors (Lipinski definition) is 0. The summed E-state index contributed by atoms with van der Waals surface area (Å²) in [6.45, 7) is 6.99. The lowest BCUT2D eigenvalue weighted by molar-refractivity contribution is 0.676. The minimum Gasteiger partial charge on any atom is -0.0651 e. The van der Waals surface area contributed by atoms with Crippen molar-refractivity contribution in [3.63, 3.8) is 0 Å². The van der Waals surface area contributed by atoms with E-state index in [1.165, 1.54) is 51.4 Å². The zero-order valence-electron chi connectivity index (χ0n) is 11.2. The molecule has 0 N–H and O–H groups in total. The Kier molecular flexibility index (Phi) is 3.89. The minimum absolute atomic E-state index is 1.29. The van der Waals surface area contributed by atoms with Gasteiger partial charge in [-0.05, 0) is 49.7 Å². The summed E-state index contributed by atoms with van der Waals surface area (Å²) in [5.74, 6) is 1.65. The van der Waals surface area contributed by atoms with E-state index in [2.05, 4.69) is 20.8 Å². The van der Waals surface area contributed by atoms with Gasteiger partial charge in [0.15, 0.2) is 0 Å². The predicted molar refractivity (Wildman–Crippen MR) is 71.3 cm³/mol. The van der Waals surface area contributed by atoms with E-state index >= 15 is 0 Å². The Hall–Kier alpha value is -0.520. The topological polar surface area (TPSA) is 0 Å². The first-order valence-corrected chi connectivity index (χ1v) is 7.08. The quantitative estimate of drug-likeness (QED) is 0.594. The van der Waals surface area contributed by atoms with Crippen molar-refractivity contribution in [2.24, 2.45) is 0 Å². The lowest BCUT2D eigenvalue weighted by Gasteiger charge is -2.18. The standard InChI is InChI=1S/C16H25/c1-4-8-13-12(3)14-10-6-7-11-16(14)15(13)9-5-2/h4-11H2,1-3H3. The van der Waals surface area contributed by atoms with E-state index < -0.39 is 0 Å². The van der Waals surface area contributed by atoms with Gasteiger partial charge in [0.2, 0.25) is 0 Å². The average Bonchev–Trinajstić information content (AvgIpc) is 2.57. The van der Waals surface area contributed by atoms with Crippen molar-refractivity contribution in [1.82, 2.24) is 0 Å². The molecule has 0 aromatic carbocycles. The predicted octanol–water partition coefficient (Wildman–Crippen LogP) is 5.36. The summed E-state index contributed by atoms with van der Waals surface area (Å²) in [6, 6.07) is 0. The number of allylic oxidation sites excluding steroid dienone is 4. The monoisotopic (exact) mass is 217 g/mol. The summed E-state index contributed by atoms with van der Waals surface area (Å²) >= 11 is 0. The first kappa shape index (κ1) is 12.0. The Morgan fingerprint density at radius 2 is 1.38 bits per heavy atom. The molecular formula is C16H25. The zero-order chi connectivity index (χ0) is 11.5. The van der Waals surface area contributed by atoms with Gasteiger partial charge in [-0.2, -0.15) is 0 Å². The van der Waals surface area contributed by atoms with Crippen molar-refractivity contribution in [2.45, 2.75) is 72.1 Å². The van der Waals surface area contributed by atoms with Crippen molar-refractivity contribution in [3.05, 3.63) is 28.2 Å². The molecule has 0 heterocycles. The van der Waals surface area contributed by atoms with Gasteiger partial charge in [0, 0.05) is 5.92 Å². The Bertz CT molecular complexity index is 317. The molecule has 0 unspecified atom stereocenters. The van der Waals surface area contributed by atoms with Crippen LogP contribution in [-0.4, -0.2) is 0 Å². The molecule has 89 valence electrons. The average molecular weight is 217 g/mol. The second kappa shape index (κ2) is 5.21. The highest BCUT2D eigenvalue weighted by Gasteiger charge is 2.30. The highest BCUT2D eigenvalue weighted by molar-refractivity contribution is 5.60. The molecule has 0 aromatic heterocycles. The van der Waals surface area contributed by atoms with E-state index in [1.54, 1.807) is 28.2 Å². The van der Waals surface area contributed by atoms with Crippen LogP contribution in [0.15, 0.2) is 22.3 Å². The lowest BCUT2D eigenvalue weighted by Crippen LogP contribution is -2.01. The highest BCUT2D eigenvalue weighted by atomic mass is 14.3. The molecule has 0 amide bonds. The van der Waals surface area contributed by atoms with E-state index in [0.717, 1.165) is 0 Å². The molecule has 0 atom stereocenters. The van der Waals surface area contributed by atoms with Crippen LogP contribution in [0.25, 0.3) is 0 Å². The van der Waals surface area contributed by atoms with E-state index in [9.17, 15) is 0 Å². The maximum Gasteiger partial charge on any atom is 0.0232 e. The van der Waals surface area contributed by atoms with Crippen LogP contribution < -0.4 is 0 Å². The fourth-order valence-corrected chi connectivity index (χ4v) is 3.38. The zero-order valence-corrected chi connectivity index (χ0v) is 11.2. The molecular weight excluding hydrogens is 192 g/mol. The van der Waals surface area contributed by atoms with Crippen molar-refractivity contribution < 1.29 is 0 Å². The molecule has 0 saturated carbocycles. The van der Waals surface area contributed by atoms with Crippen molar-refractivity contribution >= 4 is 0 Å². The third-order valence-corrected chi connectivity index (χ3v) is 4.10. The van der Waals surface area contributed by atoms with E-state index in [0.29, 0.717) is 0 Å². The molecule has 0 bridgehead atoms. The van der Waals surface area contributed by atoms with Gasteiger partial charge >= 0.3 is 0 Å². The van der Waals surface area contributed by atoms with Crippen molar-refractivity contribution in [2.75, 3.05) is 0 Å². The van der Waals surface area contributed by atoms with Gasteiger partial charge in [0.05, 0.1) is 0 Å². The number of hydrogen-bond donors (Lipinski definition) is 0. The van der Waals surface area contributed by atoms with Crippen LogP contribution in [0.5, 0.6) is 0 Å². The molecule has 0 fully saturated rings. The second-order valence-electron chi connectivity index (χ2n) is 5.25. The van der Waals surface area contributed by atoms with Gasteiger partial charge in [-0.3, -0.25) is 0 Å². The molecule has 1 radical (unpaired) electrons. The Balaban J connectivity index is 2.30. The summed E-state index contributed by atoms with van der Waals surface area (Å²) in [5.41, 5.74) is 6.96. The second-order valence-corrected chi connectivity index (χ2v) is 5.25. The van der Waals surface area contributed by atoms with Gasteiger partial charge in [-0.25, -0.2) is 0 Å². The number of rotatable bonds is 4. The van der Waals surface area contributed by atoms with Crippen LogP contribution in [0.4, 0.5) is 0 Å². The molecule has 2 rings (SSSR count). The molecule has 0 aliphatic heterocycles. The third kappa shape index (κ3) is 1.99. The fourth-order valence-electron chi connectivity index (χ4n) is 3.38. The molecule has 0 nitrogen and oxygen atoms in total. The van der Waals surface area contributed by atoms with Crippen LogP contribution in [0.2, 0.25) is 0 Å². The largest absolute Gasteiger partial charge is 0.0651 e. The molecule has 0 spiro atoms. The summed E-state index contributed by atoms with van der Waals surface area (Å²) in [6.07, 6.45) is 10.7. The fraction of sp³-hybridized carbons (Fsp3) is 0.688. The molecule has 2 aliphatic carbocycles. The van der Waals surface area contributed by atoms with Crippen LogP contribution >= 0.6 is 0 Å². The lowest BCUT2D eigenvalue weighted by atomic mass is 9.87. The first-order chi connectivity index (χ1) is 7.79. The normalized spacial score (nSPS) is 21.9. The molecule has 0 aromatic rings. The molecule has 2 aliphatic rings. The SMILES string of the molecule is CCCC1=C(CCC)C2=C(CCCC2)[C]1C. The van der Waals surface area contributed by atoms with Gasteiger partial charge in [-0.1, -0.05) is 44.8 Å². The summed E-state index contributed by atoms with van der Waals surface area (Å²) in [5, 5.41) is 0. The first-order valence-electron chi connectivity index (χ1n) is 7.08. The van der Waals surface area contributed by atoms with Crippen molar-refractivity contribution in [3.8, 4) is 0 Å². The van der Waals surface area contributed by atoms with Crippen molar-refractivity contribution in [1.29, 1.82) is 0 Å². The molecule has 0 heteroatoms. The maximum absolute atomic E-state index is 2.37. The van der Waals surface area contributed by atoms with Crippen LogP contribution in [0.1, 0.15) is 72.1 Å². The third-order valence-electron chi connectivity index (χ3n) is 4.10. The van der Waals surface area contributed by atoms with Crippen LogP contribution in [-0.2, 0) is 0 Å². The smallest absolute Gasteiger partial charge is 0.0232 e. The van der Waals surface area contributed by atoms with Crippen LogP contribution in [0.3, 0.4) is 0 Å². The summed E-state index contributed by atoms with van der Waals surface area (Å²) < 4.78 is 0. The van der Waals surface area contributed by atoms with Crippen LogP contribution in [0, 0.1) is 5.92 Å². The Morgan fingerprint density at radius 1 is 0.812 bits per heavy atom. The van der Waals surface area contributed by atoms with E-state index in [4.69, 9.17) is 0 Å². The summed E-state index contributed by atoms with van der Waals surface area (Å²) in [4.78, 5) is 0. The molecule has 0 saturated heterocycles. The van der Waals surface area contributed by atoms with Gasteiger partial charge in [0.25, 0.3) is 0 Å². The van der Waals surface area contributed by atoms with E-state index in [1.807, 2.05) is 0 Å². The maximum atomic E-state index is 2.37. The molecule has 16 heavy (non-hydrogen) atoms. The summed E-state index contributed by atoms with van der Waals surface area (Å²) in [7, 11) is 0. The van der Waals surface area contributed by atoms with Gasteiger partial charge < -0.3 is 0 Å². The highest BCUT2D eigenvalue weighted by Crippen LogP contribution is 2.48. The van der Waals surface area contributed by atoms with Gasteiger partial charge in [0.1, 0.15) is 0 Å².